The zero-order valence-corrected chi connectivity index (χ0v) is 18.5. The quantitative estimate of drug-likeness (QED) is 0.316. The molecule has 0 bridgehead atoms. The van der Waals surface area contributed by atoms with Crippen LogP contribution in [0.15, 0.2) is 96.2 Å². The smallest absolute Gasteiger partial charge is 0.259 e. The van der Waals surface area contributed by atoms with E-state index in [0.717, 1.165) is 22.5 Å². The van der Waals surface area contributed by atoms with Gasteiger partial charge in [-0.15, -0.1) is 0 Å². The van der Waals surface area contributed by atoms with Gasteiger partial charge in [0.1, 0.15) is 11.4 Å². The Labute approximate surface area is 196 Å². The van der Waals surface area contributed by atoms with Gasteiger partial charge in [-0.25, -0.2) is 10.1 Å². The summed E-state index contributed by atoms with van der Waals surface area (Å²) in [6.45, 7) is -0.211. The van der Waals surface area contributed by atoms with Gasteiger partial charge in [0, 0.05) is 22.9 Å². The summed E-state index contributed by atoms with van der Waals surface area (Å²) in [5.74, 6) is -0.166. The lowest BCUT2D eigenvalue weighted by Gasteiger charge is -2.05. The fourth-order valence-corrected chi connectivity index (χ4v) is 3.23. The van der Waals surface area contributed by atoms with Crippen molar-refractivity contribution in [1.29, 1.82) is 0 Å². The van der Waals surface area contributed by atoms with E-state index in [4.69, 9.17) is 9.84 Å². The first-order valence-corrected chi connectivity index (χ1v) is 10.6. The molecule has 4 rings (SSSR count). The molecule has 2 N–H and O–H groups in total. The van der Waals surface area contributed by atoms with Gasteiger partial charge in [-0.05, 0) is 36.4 Å². The Balaban J connectivity index is 1.41. The number of carbonyl (C=O) groups excluding carboxylic acids is 2. The number of carbonyl (C=O) groups is 2. The monoisotopic (exact) mass is 453 g/mol. The number of para-hydroxylation sites is 1. The third kappa shape index (κ3) is 5.55. The lowest BCUT2D eigenvalue weighted by atomic mass is 10.1. The second-order valence-corrected chi connectivity index (χ2v) is 7.28. The number of methoxy groups -OCH3 is 1. The highest BCUT2D eigenvalue weighted by Crippen LogP contribution is 2.22. The zero-order valence-electron chi connectivity index (χ0n) is 18.5. The van der Waals surface area contributed by atoms with Gasteiger partial charge < -0.3 is 10.1 Å². The first kappa shape index (κ1) is 22.5. The van der Waals surface area contributed by atoms with Crippen molar-refractivity contribution < 1.29 is 14.3 Å². The van der Waals surface area contributed by atoms with Crippen LogP contribution in [0.25, 0.3) is 16.9 Å². The Morgan fingerprint density at radius 3 is 2.32 bits per heavy atom. The second kappa shape index (κ2) is 10.7. The molecule has 34 heavy (non-hydrogen) atoms. The molecule has 0 saturated carbocycles. The topological polar surface area (TPSA) is 97.6 Å². The van der Waals surface area contributed by atoms with Gasteiger partial charge in [-0.1, -0.05) is 48.5 Å². The molecule has 0 unspecified atom stereocenters. The molecule has 8 nitrogen and oxygen atoms in total. The molecule has 0 aliphatic heterocycles. The molecular weight excluding hydrogens is 430 g/mol. The zero-order chi connectivity index (χ0) is 23.8. The molecule has 0 atom stereocenters. The van der Waals surface area contributed by atoms with Crippen LogP contribution in [0.5, 0.6) is 5.75 Å². The largest absolute Gasteiger partial charge is 0.497 e. The Bertz CT molecular complexity index is 1280. The minimum atomic E-state index is -0.449. The van der Waals surface area contributed by atoms with E-state index in [-0.39, 0.29) is 12.5 Å². The van der Waals surface area contributed by atoms with Crippen molar-refractivity contribution in [1.82, 2.24) is 20.5 Å². The number of hydrazone groups is 1. The minimum Gasteiger partial charge on any atom is -0.497 e. The van der Waals surface area contributed by atoms with Crippen LogP contribution in [-0.4, -0.2) is 41.5 Å². The maximum atomic E-state index is 12.2. The number of nitrogens with zero attached hydrogens (tertiary/aromatic N) is 3. The highest BCUT2D eigenvalue weighted by atomic mass is 16.5. The molecule has 4 aromatic rings. The average molecular weight is 454 g/mol. The normalized spacial score (nSPS) is 10.7. The number of hydrogen-bond donors (Lipinski definition) is 2. The summed E-state index contributed by atoms with van der Waals surface area (Å²) in [5.41, 5.74) is 6.17. The molecule has 0 fully saturated rings. The van der Waals surface area contributed by atoms with Crippen LogP contribution in [-0.2, 0) is 4.79 Å². The van der Waals surface area contributed by atoms with Gasteiger partial charge in [-0.2, -0.15) is 10.2 Å². The summed E-state index contributed by atoms with van der Waals surface area (Å²) >= 11 is 0. The average Bonchev–Trinajstić information content (AvgIpc) is 3.32. The van der Waals surface area contributed by atoms with Gasteiger partial charge in [-0.3, -0.25) is 9.59 Å². The summed E-state index contributed by atoms with van der Waals surface area (Å²) in [5, 5.41) is 11.3. The van der Waals surface area contributed by atoms with Gasteiger partial charge in [0.05, 0.1) is 25.6 Å². The van der Waals surface area contributed by atoms with Gasteiger partial charge >= 0.3 is 0 Å². The van der Waals surface area contributed by atoms with E-state index >= 15 is 0 Å². The molecule has 3 aromatic carbocycles. The lowest BCUT2D eigenvalue weighted by molar-refractivity contribution is -0.120. The Kier molecular flexibility index (Phi) is 7.09. The molecule has 0 aliphatic rings. The third-order valence-corrected chi connectivity index (χ3v) is 4.97. The first-order valence-electron chi connectivity index (χ1n) is 10.6. The number of aromatic nitrogens is 2. The lowest BCUT2D eigenvalue weighted by Crippen LogP contribution is -2.34. The van der Waals surface area contributed by atoms with Gasteiger partial charge in [0.2, 0.25) is 0 Å². The van der Waals surface area contributed by atoms with Crippen molar-refractivity contribution in [3.05, 3.63) is 102 Å². The summed E-state index contributed by atoms with van der Waals surface area (Å²) in [6, 6.07) is 26.1. The highest BCUT2D eigenvalue weighted by molar-refractivity contribution is 5.96. The van der Waals surface area contributed by atoms with Gasteiger partial charge in [0.25, 0.3) is 11.8 Å². The Morgan fingerprint density at radius 2 is 1.65 bits per heavy atom. The van der Waals surface area contributed by atoms with Crippen LogP contribution in [0.3, 0.4) is 0 Å². The van der Waals surface area contributed by atoms with Crippen molar-refractivity contribution >= 4 is 18.0 Å². The number of benzene rings is 3. The summed E-state index contributed by atoms with van der Waals surface area (Å²) < 4.78 is 6.84. The van der Waals surface area contributed by atoms with Crippen LogP contribution >= 0.6 is 0 Å². The number of amides is 2. The number of rotatable bonds is 8. The fraction of sp³-hybridized carbons (Fsp3) is 0.0769. The summed E-state index contributed by atoms with van der Waals surface area (Å²) in [6.07, 6.45) is 3.39. The second-order valence-electron chi connectivity index (χ2n) is 7.28. The number of nitrogens with one attached hydrogen (secondary N) is 2. The van der Waals surface area contributed by atoms with Crippen LogP contribution in [0, 0.1) is 0 Å². The SMILES string of the molecule is COc1ccc(C(=O)NCC(=O)N/N=C/c2cn(-c3ccccc3)nc2-c2ccccc2)cc1. The van der Waals surface area contributed by atoms with Crippen LogP contribution in [0.1, 0.15) is 15.9 Å². The van der Waals surface area contributed by atoms with Crippen LogP contribution in [0.4, 0.5) is 0 Å². The number of hydrogen-bond acceptors (Lipinski definition) is 5. The summed E-state index contributed by atoms with van der Waals surface area (Å²) in [4.78, 5) is 24.4. The maximum absolute atomic E-state index is 12.2. The molecule has 0 spiro atoms. The van der Waals surface area contributed by atoms with E-state index < -0.39 is 5.91 Å². The first-order chi connectivity index (χ1) is 16.6. The van der Waals surface area contributed by atoms with Crippen molar-refractivity contribution in [3.63, 3.8) is 0 Å². The van der Waals surface area contributed by atoms with E-state index in [0.29, 0.717) is 11.3 Å². The predicted octanol–water partition coefficient (Wildman–Crippen LogP) is 3.43. The molecule has 0 aliphatic carbocycles. The van der Waals surface area contributed by atoms with Crippen LogP contribution < -0.4 is 15.5 Å². The van der Waals surface area contributed by atoms with Crippen molar-refractivity contribution in [3.8, 4) is 22.7 Å². The molecule has 0 saturated heterocycles. The number of ether oxygens (including phenoxy) is 1. The van der Waals surface area contributed by atoms with E-state index in [1.54, 1.807) is 36.1 Å². The van der Waals surface area contributed by atoms with E-state index in [1.165, 1.54) is 6.21 Å². The summed E-state index contributed by atoms with van der Waals surface area (Å²) in [7, 11) is 1.55. The van der Waals surface area contributed by atoms with Crippen LogP contribution in [0.2, 0.25) is 0 Å². The fourth-order valence-electron chi connectivity index (χ4n) is 3.23. The maximum Gasteiger partial charge on any atom is 0.259 e. The molecule has 8 heteroatoms. The molecule has 2 amide bonds. The molecule has 170 valence electrons. The van der Waals surface area contributed by atoms with Crippen molar-refractivity contribution in [2.75, 3.05) is 13.7 Å². The highest BCUT2D eigenvalue weighted by Gasteiger charge is 2.11. The van der Waals surface area contributed by atoms with E-state index in [1.807, 2.05) is 66.9 Å². The third-order valence-electron chi connectivity index (χ3n) is 4.97. The predicted molar refractivity (Wildman–Crippen MR) is 130 cm³/mol. The molecule has 1 heterocycles. The van der Waals surface area contributed by atoms with Crippen molar-refractivity contribution in [2.24, 2.45) is 5.10 Å². The standard InChI is InChI=1S/C26H23N5O3/c1-34-23-14-12-20(13-15-23)26(33)27-17-24(32)29-28-16-21-18-31(22-10-6-3-7-11-22)30-25(21)19-8-4-2-5-9-19/h2-16,18H,17H2,1H3,(H,27,33)(H,29,32)/b28-16+. The molecule has 1 aromatic heterocycles. The minimum absolute atomic E-state index is 0.211. The van der Waals surface area contributed by atoms with Gasteiger partial charge in [0.15, 0.2) is 0 Å². The van der Waals surface area contributed by atoms with E-state index in [9.17, 15) is 9.59 Å². The van der Waals surface area contributed by atoms with E-state index in [2.05, 4.69) is 15.8 Å². The Hall–Kier alpha value is -4.72. The molecule has 0 radical (unpaired) electrons. The molecular formula is C26H23N5O3. The van der Waals surface area contributed by atoms with Crippen molar-refractivity contribution in [2.45, 2.75) is 0 Å². The Morgan fingerprint density at radius 1 is 0.971 bits per heavy atom.